The standard InChI is InChI=1S/C8H15F2N3/c1-12-8(11)13-4-2-6(3-5-13)7(9)10/h6-7H,2-5H2,1H3,(H2,11,12). The number of alkyl halides is 2. The first-order valence-electron chi connectivity index (χ1n) is 4.40. The minimum atomic E-state index is -2.19. The summed E-state index contributed by atoms with van der Waals surface area (Å²) in [6, 6.07) is 0. The lowest BCUT2D eigenvalue weighted by Crippen LogP contribution is -2.43. The van der Waals surface area contributed by atoms with E-state index < -0.39 is 12.3 Å². The average Bonchev–Trinajstić information content (AvgIpc) is 2.17. The Bertz CT molecular complexity index is 186. The van der Waals surface area contributed by atoms with Gasteiger partial charge in [0.25, 0.3) is 0 Å². The van der Waals surface area contributed by atoms with Gasteiger partial charge in [0.05, 0.1) is 0 Å². The molecule has 1 aliphatic heterocycles. The fraction of sp³-hybridized carbons (Fsp3) is 0.875. The number of likely N-dealkylation sites (tertiary alicyclic amines) is 1. The predicted octanol–water partition coefficient (Wildman–Crippen LogP) is 0.908. The van der Waals surface area contributed by atoms with Crippen LogP contribution in [0.4, 0.5) is 8.78 Å². The number of halogens is 2. The molecule has 1 heterocycles. The second-order valence-electron chi connectivity index (χ2n) is 3.24. The lowest BCUT2D eigenvalue weighted by atomic mass is 9.98. The van der Waals surface area contributed by atoms with Crippen molar-refractivity contribution in [2.24, 2.45) is 16.6 Å². The average molecular weight is 191 g/mol. The van der Waals surface area contributed by atoms with Gasteiger partial charge in [0.15, 0.2) is 5.96 Å². The molecule has 5 heteroatoms. The van der Waals surface area contributed by atoms with Crippen molar-refractivity contribution in [3.63, 3.8) is 0 Å². The van der Waals surface area contributed by atoms with E-state index in [4.69, 9.17) is 5.73 Å². The van der Waals surface area contributed by atoms with Gasteiger partial charge in [0.1, 0.15) is 0 Å². The first-order chi connectivity index (χ1) is 6.15. The molecule has 0 spiro atoms. The Labute approximate surface area is 76.6 Å². The van der Waals surface area contributed by atoms with Crippen molar-refractivity contribution in [1.82, 2.24) is 4.90 Å². The van der Waals surface area contributed by atoms with E-state index in [1.165, 1.54) is 0 Å². The summed E-state index contributed by atoms with van der Waals surface area (Å²) in [6.07, 6.45) is -1.18. The van der Waals surface area contributed by atoms with Crippen LogP contribution in [0.25, 0.3) is 0 Å². The molecule has 0 unspecified atom stereocenters. The van der Waals surface area contributed by atoms with E-state index in [1.807, 2.05) is 4.90 Å². The molecule has 1 fully saturated rings. The number of nitrogens with zero attached hydrogens (tertiary/aromatic N) is 2. The molecule has 0 aromatic carbocycles. The SMILES string of the molecule is CN=C(N)N1CCC(C(F)F)CC1. The summed E-state index contributed by atoms with van der Waals surface area (Å²) in [6.45, 7) is 1.19. The van der Waals surface area contributed by atoms with E-state index in [2.05, 4.69) is 4.99 Å². The van der Waals surface area contributed by atoms with Crippen molar-refractivity contribution in [3.8, 4) is 0 Å². The molecule has 76 valence electrons. The Balaban J connectivity index is 2.39. The first kappa shape index (κ1) is 10.2. The molecular weight excluding hydrogens is 176 g/mol. The van der Waals surface area contributed by atoms with Crippen molar-refractivity contribution >= 4 is 5.96 Å². The largest absolute Gasteiger partial charge is 0.370 e. The van der Waals surface area contributed by atoms with Crippen molar-refractivity contribution in [2.45, 2.75) is 19.3 Å². The van der Waals surface area contributed by atoms with Gasteiger partial charge >= 0.3 is 0 Å². The van der Waals surface area contributed by atoms with Crippen molar-refractivity contribution in [1.29, 1.82) is 0 Å². The molecule has 0 radical (unpaired) electrons. The van der Waals surface area contributed by atoms with Crippen molar-refractivity contribution in [2.75, 3.05) is 20.1 Å². The van der Waals surface area contributed by atoms with Crippen LogP contribution < -0.4 is 5.73 Å². The van der Waals surface area contributed by atoms with Gasteiger partial charge in [0.2, 0.25) is 6.43 Å². The zero-order chi connectivity index (χ0) is 9.84. The number of hydrogen-bond donors (Lipinski definition) is 1. The molecule has 1 saturated heterocycles. The summed E-state index contributed by atoms with van der Waals surface area (Å²) in [7, 11) is 1.61. The Morgan fingerprint density at radius 2 is 2.00 bits per heavy atom. The lowest BCUT2D eigenvalue weighted by Gasteiger charge is -2.32. The number of hydrogen-bond acceptors (Lipinski definition) is 1. The second kappa shape index (κ2) is 4.39. The number of guanidine groups is 1. The lowest BCUT2D eigenvalue weighted by molar-refractivity contribution is 0.0471. The first-order valence-corrected chi connectivity index (χ1v) is 4.40. The normalized spacial score (nSPS) is 21.2. The van der Waals surface area contributed by atoms with Gasteiger partial charge in [-0.05, 0) is 12.8 Å². The van der Waals surface area contributed by atoms with Gasteiger partial charge < -0.3 is 10.6 Å². The Morgan fingerprint density at radius 3 is 2.38 bits per heavy atom. The molecule has 13 heavy (non-hydrogen) atoms. The van der Waals surface area contributed by atoms with Crippen LogP contribution in [0.5, 0.6) is 0 Å². The van der Waals surface area contributed by atoms with Crippen LogP contribution in [0.1, 0.15) is 12.8 Å². The molecule has 2 N–H and O–H groups in total. The molecule has 1 aliphatic rings. The molecule has 1 rings (SSSR count). The van der Waals surface area contributed by atoms with Gasteiger partial charge in [-0.15, -0.1) is 0 Å². The summed E-state index contributed by atoms with van der Waals surface area (Å²) >= 11 is 0. The Morgan fingerprint density at radius 1 is 1.46 bits per heavy atom. The van der Waals surface area contributed by atoms with Gasteiger partial charge in [-0.2, -0.15) is 0 Å². The summed E-state index contributed by atoms with van der Waals surface area (Å²) in [5.74, 6) is -0.00591. The highest BCUT2D eigenvalue weighted by Gasteiger charge is 2.26. The van der Waals surface area contributed by atoms with Gasteiger partial charge in [0, 0.05) is 26.1 Å². The maximum absolute atomic E-state index is 12.3. The molecule has 0 amide bonds. The Kier molecular flexibility index (Phi) is 3.45. The highest BCUT2D eigenvalue weighted by atomic mass is 19.3. The van der Waals surface area contributed by atoms with Gasteiger partial charge in [-0.25, -0.2) is 8.78 Å². The zero-order valence-corrected chi connectivity index (χ0v) is 7.71. The number of aliphatic imine (C=N–C) groups is 1. The minimum absolute atomic E-state index is 0.452. The molecule has 0 aromatic rings. The molecule has 0 saturated carbocycles. The Hall–Kier alpha value is -0.870. The van der Waals surface area contributed by atoms with E-state index in [1.54, 1.807) is 7.05 Å². The molecule has 0 aromatic heterocycles. The molecular formula is C8H15F2N3. The number of rotatable bonds is 1. The van der Waals surface area contributed by atoms with Crippen LogP contribution in [0.3, 0.4) is 0 Å². The highest BCUT2D eigenvalue weighted by molar-refractivity contribution is 5.77. The smallest absolute Gasteiger partial charge is 0.241 e. The summed E-state index contributed by atoms with van der Waals surface area (Å²) in [4.78, 5) is 5.66. The van der Waals surface area contributed by atoms with Crippen LogP contribution >= 0.6 is 0 Å². The summed E-state index contributed by atoms with van der Waals surface area (Å²) < 4.78 is 24.5. The molecule has 3 nitrogen and oxygen atoms in total. The van der Waals surface area contributed by atoms with Crippen molar-refractivity contribution < 1.29 is 8.78 Å². The predicted molar refractivity (Wildman–Crippen MR) is 47.8 cm³/mol. The van der Waals surface area contributed by atoms with E-state index in [0.29, 0.717) is 31.9 Å². The number of piperidine rings is 1. The monoisotopic (exact) mass is 191 g/mol. The minimum Gasteiger partial charge on any atom is -0.370 e. The van der Waals surface area contributed by atoms with Crippen LogP contribution in [-0.4, -0.2) is 37.4 Å². The fourth-order valence-electron chi connectivity index (χ4n) is 1.52. The molecule has 0 atom stereocenters. The molecule has 0 bridgehead atoms. The van der Waals surface area contributed by atoms with E-state index >= 15 is 0 Å². The van der Waals surface area contributed by atoms with Crippen LogP contribution in [-0.2, 0) is 0 Å². The maximum atomic E-state index is 12.3. The third-order valence-electron chi connectivity index (χ3n) is 2.45. The second-order valence-corrected chi connectivity index (χ2v) is 3.24. The molecule has 0 aliphatic carbocycles. The highest BCUT2D eigenvalue weighted by Crippen LogP contribution is 2.23. The topological polar surface area (TPSA) is 41.6 Å². The van der Waals surface area contributed by atoms with Gasteiger partial charge in [-0.1, -0.05) is 0 Å². The van der Waals surface area contributed by atoms with Crippen LogP contribution in [0.15, 0.2) is 4.99 Å². The van der Waals surface area contributed by atoms with E-state index in [0.717, 1.165) is 0 Å². The van der Waals surface area contributed by atoms with Crippen molar-refractivity contribution in [3.05, 3.63) is 0 Å². The zero-order valence-electron chi connectivity index (χ0n) is 7.71. The fourth-order valence-corrected chi connectivity index (χ4v) is 1.52. The van der Waals surface area contributed by atoms with Crippen LogP contribution in [0.2, 0.25) is 0 Å². The van der Waals surface area contributed by atoms with Gasteiger partial charge in [-0.3, -0.25) is 4.99 Å². The van der Waals surface area contributed by atoms with E-state index in [-0.39, 0.29) is 0 Å². The van der Waals surface area contributed by atoms with E-state index in [9.17, 15) is 8.78 Å². The third-order valence-corrected chi connectivity index (χ3v) is 2.45. The van der Waals surface area contributed by atoms with Crippen LogP contribution in [0, 0.1) is 5.92 Å². The maximum Gasteiger partial charge on any atom is 0.241 e. The third kappa shape index (κ3) is 2.54. The summed E-state index contributed by atoms with van der Waals surface area (Å²) in [5, 5.41) is 0. The summed E-state index contributed by atoms with van der Waals surface area (Å²) in [5.41, 5.74) is 5.56. The number of nitrogens with two attached hydrogens (primary N) is 1. The quantitative estimate of drug-likeness (QED) is 0.494.